The van der Waals surface area contributed by atoms with Crippen LogP contribution >= 0.6 is 0 Å². The molecule has 4 N–H and O–H groups in total. The van der Waals surface area contributed by atoms with Crippen molar-refractivity contribution in [2.45, 2.75) is 33.3 Å². The Labute approximate surface area is 116 Å². The maximum atomic E-state index is 9.37. The van der Waals surface area contributed by atoms with Crippen molar-refractivity contribution in [3.05, 3.63) is 28.3 Å². The largest absolute Gasteiger partial charge is 0.496 e. The van der Waals surface area contributed by atoms with Crippen LogP contribution in [0.25, 0.3) is 0 Å². The van der Waals surface area contributed by atoms with Crippen molar-refractivity contribution in [3.63, 3.8) is 0 Å². The minimum absolute atomic E-state index is 0.298. The molecule has 0 aliphatic heterocycles. The summed E-state index contributed by atoms with van der Waals surface area (Å²) in [5.74, 6) is 0.949. The van der Waals surface area contributed by atoms with Gasteiger partial charge in [0.25, 0.3) is 0 Å². The number of aliphatic hydroxyl groups is 1. The molecule has 1 unspecified atom stereocenters. The zero-order valence-electron chi connectivity index (χ0n) is 12.4. The fourth-order valence-corrected chi connectivity index (χ4v) is 2.26. The van der Waals surface area contributed by atoms with Gasteiger partial charge < -0.3 is 20.9 Å². The van der Waals surface area contributed by atoms with Gasteiger partial charge in [-0.25, -0.2) is 0 Å². The number of aryl methyl sites for hydroxylation is 1. The van der Waals surface area contributed by atoms with Gasteiger partial charge in [-0.1, -0.05) is 0 Å². The molecular weight excluding hydrogens is 240 g/mol. The van der Waals surface area contributed by atoms with Gasteiger partial charge in [0.2, 0.25) is 0 Å². The SMILES string of the molecule is COc1cc(C)c(CCNCC(O)CN)c(C)c1C. The molecule has 1 rings (SSSR count). The van der Waals surface area contributed by atoms with E-state index in [1.165, 1.54) is 22.3 Å². The number of benzene rings is 1. The van der Waals surface area contributed by atoms with Crippen molar-refractivity contribution < 1.29 is 9.84 Å². The highest BCUT2D eigenvalue weighted by Crippen LogP contribution is 2.27. The van der Waals surface area contributed by atoms with E-state index in [0.717, 1.165) is 18.7 Å². The summed E-state index contributed by atoms with van der Waals surface area (Å²) in [6, 6.07) is 2.09. The zero-order chi connectivity index (χ0) is 14.4. The lowest BCUT2D eigenvalue weighted by atomic mass is 9.95. The van der Waals surface area contributed by atoms with Gasteiger partial charge in [-0.15, -0.1) is 0 Å². The molecular formula is C15H26N2O2. The number of hydrogen-bond acceptors (Lipinski definition) is 4. The Hall–Kier alpha value is -1.10. The summed E-state index contributed by atoms with van der Waals surface area (Å²) in [7, 11) is 1.71. The van der Waals surface area contributed by atoms with Crippen molar-refractivity contribution >= 4 is 0 Å². The van der Waals surface area contributed by atoms with Gasteiger partial charge in [-0.2, -0.15) is 0 Å². The molecule has 108 valence electrons. The molecule has 0 radical (unpaired) electrons. The van der Waals surface area contributed by atoms with E-state index in [-0.39, 0.29) is 0 Å². The van der Waals surface area contributed by atoms with Crippen LogP contribution in [0.15, 0.2) is 6.07 Å². The van der Waals surface area contributed by atoms with Crippen LogP contribution < -0.4 is 15.8 Å². The topological polar surface area (TPSA) is 67.5 Å². The predicted molar refractivity (Wildman–Crippen MR) is 78.8 cm³/mol. The number of hydrogen-bond donors (Lipinski definition) is 3. The molecule has 1 aromatic carbocycles. The van der Waals surface area contributed by atoms with E-state index in [9.17, 15) is 5.11 Å². The quantitative estimate of drug-likeness (QED) is 0.646. The Kier molecular flexibility index (Phi) is 6.28. The summed E-state index contributed by atoms with van der Waals surface area (Å²) in [5, 5.41) is 12.6. The Bertz CT molecular complexity index is 419. The fraction of sp³-hybridized carbons (Fsp3) is 0.600. The molecule has 0 aliphatic carbocycles. The highest BCUT2D eigenvalue weighted by molar-refractivity contribution is 5.48. The molecule has 0 saturated heterocycles. The molecule has 4 nitrogen and oxygen atoms in total. The molecule has 19 heavy (non-hydrogen) atoms. The van der Waals surface area contributed by atoms with E-state index in [2.05, 4.69) is 32.2 Å². The van der Waals surface area contributed by atoms with E-state index >= 15 is 0 Å². The average Bonchev–Trinajstić information content (AvgIpc) is 2.41. The second-order valence-corrected chi connectivity index (χ2v) is 4.97. The first-order valence-electron chi connectivity index (χ1n) is 6.73. The van der Waals surface area contributed by atoms with Crippen molar-refractivity contribution in [2.24, 2.45) is 5.73 Å². The molecule has 0 amide bonds. The van der Waals surface area contributed by atoms with Crippen LogP contribution in [0.5, 0.6) is 5.75 Å². The average molecular weight is 266 g/mol. The minimum Gasteiger partial charge on any atom is -0.496 e. The number of ether oxygens (including phenoxy) is 1. The highest BCUT2D eigenvalue weighted by atomic mass is 16.5. The van der Waals surface area contributed by atoms with Gasteiger partial charge in [0, 0.05) is 13.1 Å². The van der Waals surface area contributed by atoms with E-state index in [1.54, 1.807) is 7.11 Å². The Morgan fingerprint density at radius 1 is 1.32 bits per heavy atom. The lowest BCUT2D eigenvalue weighted by Gasteiger charge is -2.16. The Morgan fingerprint density at radius 3 is 2.58 bits per heavy atom. The third-order valence-electron chi connectivity index (χ3n) is 3.63. The summed E-state index contributed by atoms with van der Waals surface area (Å²) < 4.78 is 5.37. The summed E-state index contributed by atoms with van der Waals surface area (Å²) in [6.07, 6.45) is 0.486. The Balaban J connectivity index is 2.66. The van der Waals surface area contributed by atoms with E-state index in [4.69, 9.17) is 10.5 Å². The van der Waals surface area contributed by atoms with Crippen molar-refractivity contribution in [1.29, 1.82) is 0 Å². The fourth-order valence-electron chi connectivity index (χ4n) is 2.26. The third kappa shape index (κ3) is 4.20. The molecule has 0 fully saturated rings. The molecule has 0 saturated carbocycles. The molecule has 0 aromatic heterocycles. The highest BCUT2D eigenvalue weighted by Gasteiger charge is 2.10. The van der Waals surface area contributed by atoms with Gasteiger partial charge in [0.1, 0.15) is 5.75 Å². The first-order chi connectivity index (χ1) is 9.01. The minimum atomic E-state index is -0.459. The second kappa shape index (κ2) is 7.48. The molecule has 1 aromatic rings. The monoisotopic (exact) mass is 266 g/mol. The van der Waals surface area contributed by atoms with Gasteiger partial charge in [0.05, 0.1) is 13.2 Å². The number of nitrogens with two attached hydrogens (primary N) is 1. The normalized spacial score (nSPS) is 12.5. The first-order valence-corrected chi connectivity index (χ1v) is 6.73. The molecule has 0 bridgehead atoms. The number of aliphatic hydroxyl groups excluding tert-OH is 1. The van der Waals surface area contributed by atoms with E-state index in [1.807, 2.05) is 0 Å². The van der Waals surface area contributed by atoms with Crippen LogP contribution in [0.4, 0.5) is 0 Å². The maximum Gasteiger partial charge on any atom is 0.122 e. The number of rotatable bonds is 7. The number of methoxy groups -OCH3 is 1. The third-order valence-corrected chi connectivity index (χ3v) is 3.63. The van der Waals surface area contributed by atoms with Crippen LogP contribution in [0, 0.1) is 20.8 Å². The summed E-state index contributed by atoms with van der Waals surface area (Å²) >= 11 is 0. The van der Waals surface area contributed by atoms with Crippen LogP contribution in [0.3, 0.4) is 0 Å². The lowest BCUT2D eigenvalue weighted by molar-refractivity contribution is 0.180. The zero-order valence-corrected chi connectivity index (χ0v) is 12.4. The van der Waals surface area contributed by atoms with Gasteiger partial charge in [-0.3, -0.25) is 0 Å². The molecule has 0 spiro atoms. The predicted octanol–water partition coefficient (Wildman–Crippen LogP) is 1.07. The van der Waals surface area contributed by atoms with Crippen molar-refractivity contribution in [2.75, 3.05) is 26.7 Å². The summed E-state index contributed by atoms with van der Waals surface area (Å²) in [6.45, 7) is 8.01. The van der Waals surface area contributed by atoms with E-state index < -0.39 is 6.10 Å². The lowest BCUT2D eigenvalue weighted by Crippen LogP contribution is -2.33. The second-order valence-electron chi connectivity index (χ2n) is 4.97. The van der Waals surface area contributed by atoms with Gasteiger partial charge in [0.15, 0.2) is 0 Å². The summed E-state index contributed by atoms with van der Waals surface area (Å²) in [4.78, 5) is 0. The van der Waals surface area contributed by atoms with Crippen LogP contribution in [-0.4, -0.2) is 38.0 Å². The van der Waals surface area contributed by atoms with Gasteiger partial charge >= 0.3 is 0 Å². The van der Waals surface area contributed by atoms with E-state index in [0.29, 0.717) is 13.1 Å². The molecule has 0 aliphatic rings. The van der Waals surface area contributed by atoms with Crippen molar-refractivity contribution in [3.8, 4) is 5.75 Å². The molecule has 1 atom stereocenters. The van der Waals surface area contributed by atoms with Gasteiger partial charge in [-0.05, 0) is 62.1 Å². The molecule has 4 heteroatoms. The van der Waals surface area contributed by atoms with Crippen molar-refractivity contribution in [1.82, 2.24) is 5.32 Å². The standard InChI is InChI=1S/C15H26N2O2/c1-10-7-15(19-4)12(3)11(2)14(10)5-6-17-9-13(18)8-16/h7,13,17-18H,5-6,8-9,16H2,1-4H3. The van der Waals surface area contributed by atoms with Crippen LogP contribution in [0.2, 0.25) is 0 Å². The number of nitrogens with one attached hydrogen (secondary N) is 1. The van der Waals surface area contributed by atoms with Crippen LogP contribution in [0.1, 0.15) is 22.3 Å². The summed E-state index contributed by atoms with van der Waals surface area (Å²) in [5.41, 5.74) is 10.5. The van der Waals surface area contributed by atoms with Crippen LogP contribution in [-0.2, 0) is 6.42 Å². The molecule has 0 heterocycles. The first kappa shape index (κ1) is 16.0. The smallest absolute Gasteiger partial charge is 0.122 e. The Morgan fingerprint density at radius 2 is 2.00 bits per heavy atom. The maximum absolute atomic E-state index is 9.37.